The van der Waals surface area contributed by atoms with E-state index in [1.807, 2.05) is 46.8 Å². The summed E-state index contributed by atoms with van der Waals surface area (Å²) in [7, 11) is 0. The molecule has 2 N–H and O–H groups in total. The SMILES string of the molecule is Cc1ccc(C)n1NC(=O)c1ccc(OCC(=O)N[C@@H](C)C(C)C)cc1. The van der Waals surface area contributed by atoms with Crippen molar-refractivity contribution in [2.75, 3.05) is 12.0 Å². The fraction of sp³-hybridized carbons (Fsp3) is 0.400. The number of aryl methyl sites for hydroxylation is 2. The highest BCUT2D eigenvalue weighted by Gasteiger charge is 2.12. The fourth-order valence-corrected chi connectivity index (χ4v) is 2.32. The van der Waals surface area contributed by atoms with Crippen molar-refractivity contribution in [3.63, 3.8) is 0 Å². The third kappa shape index (κ3) is 5.12. The molecule has 6 heteroatoms. The Bertz CT molecular complexity index is 744. The maximum atomic E-state index is 12.3. The highest BCUT2D eigenvalue weighted by molar-refractivity contribution is 6.00. The van der Waals surface area contributed by atoms with Gasteiger partial charge in [0.1, 0.15) is 5.75 Å². The van der Waals surface area contributed by atoms with Crippen molar-refractivity contribution >= 4 is 11.8 Å². The predicted molar refractivity (Wildman–Crippen MR) is 102 cm³/mol. The molecule has 1 aromatic carbocycles. The van der Waals surface area contributed by atoms with Gasteiger partial charge >= 0.3 is 0 Å². The summed E-state index contributed by atoms with van der Waals surface area (Å²) >= 11 is 0. The van der Waals surface area contributed by atoms with Crippen LogP contribution in [-0.2, 0) is 4.79 Å². The van der Waals surface area contributed by atoms with Gasteiger partial charge in [0.25, 0.3) is 11.8 Å². The summed E-state index contributed by atoms with van der Waals surface area (Å²) in [5, 5.41) is 2.88. The van der Waals surface area contributed by atoms with Gasteiger partial charge in [-0.1, -0.05) is 13.8 Å². The van der Waals surface area contributed by atoms with Gasteiger partial charge in [-0.3, -0.25) is 19.7 Å². The van der Waals surface area contributed by atoms with Crippen LogP contribution in [0.15, 0.2) is 36.4 Å². The van der Waals surface area contributed by atoms with Gasteiger partial charge in [0.05, 0.1) is 0 Å². The Morgan fingerprint density at radius 3 is 2.12 bits per heavy atom. The van der Waals surface area contributed by atoms with E-state index in [2.05, 4.69) is 10.7 Å². The Kier molecular flexibility index (Phi) is 6.44. The normalized spacial score (nSPS) is 11.9. The van der Waals surface area contributed by atoms with Crippen LogP contribution >= 0.6 is 0 Å². The average molecular weight is 357 g/mol. The van der Waals surface area contributed by atoms with Gasteiger partial charge in [-0.2, -0.15) is 0 Å². The van der Waals surface area contributed by atoms with Crippen molar-refractivity contribution < 1.29 is 14.3 Å². The quantitative estimate of drug-likeness (QED) is 0.800. The lowest BCUT2D eigenvalue weighted by molar-refractivity contribution is -0.124. The van der Waals surface area contributed by atoms with Gasteiger partial charge in [-0.05, 0) is 63.1 Å². The zero-order valence-corrected chi connectivity index (χ0v) is 16.0. The molecule has 0 aliphatic carbocycles. The predicted octanol–water partition coefficient (Wildman–Crippen LogP) is 3.03. The standard InChI is InChI=1S/C20H27N3O3/c1-13(2)16(5)21-19(24)12-26-18-10-8-17(9-11-18)20(25)22-23-14(3)6-7-15(23)4/h6-11,13,16H,12H2,1-5H3,(H,21,24)(H,22,25)/t16-/m0/s1. The lowest BCUT2D eigenvalue weighted by atomic mass is 10.1. The van der Waals surface area contributed by atoms with E-state index in [0.29, 0.717) is 17.2 Å². The van der Waals surface area contributed by atoms with Crippen molar-refractivity contribution in [1.82, 2.24) is 9.99 Å². The molecule has 1 heterocycles. The summed E-state index contributed by atoms with van der Waals surface area (Å²) in [4.78, 5) is 24.2. The summed E-state index contributed by atoms with van der Waals surface area (Å²) in [5.41, 5.74) is 5.28. The van der Waals surface area contributed by atoms with Crippen molar-refractivity contribution in [2.24, 2.45) is 5.92 Å². The van der Waals surface area contributed by atoms with Crippen LogP contribution in [0.25, 0.3) is 0 Å². The first kappa shape index (κ1) is 19.6. The summed E-state index contributed by atoms with van der Waals surface area (Å²) in [6.45, 7) is 9.86. The second kappa shape index (κ2) is 8.56. The molecule has 1 aromatic heterocycles. The van der Waals surface area contributed by atoms with E-state index in [9.17, 15) is 9.59 Å². The Balaban J connectivity index is 1.89. The van der Waals surface area contributed by atoms with Gasteiger partial charge in [0.2, 0.25) is 0 Å². The summed E-state index contributed by atoms with van der Waals surface area (Å²) < 4.78 is 7.22. The number of benzene rings is 1. The molecule has 1 atom stereocenters. The molecule has 0 fully saturated rings. The Labute approximate surface area is 154 Å². The molecule has 2 amide bonds. The lowest BCUT2D eigenvalue weighted by Crippen LogP contribution is -2.38. The largest absolute Gasteiger partial charge is 0.484 e. The molecular formula is C20H27N3O3. The highest BCUT2D eigenvalue weighted by Crippen LogP contribution is 2.13. The van der Waals surface area contributed by atoms with Gasteiger partial charge in [0.15, 0.2) is 6.61 Å². The van der Waals surface area contributed by atoms with Crippen LogP contribution < -0.4 is 15.5 Å². The maximum absolute atomic E-state index is 12.3. The van der Waals surface area contributed by atoms with E-state index >= 15 is 0 Å². The molecular weight excluding hydrogens is 330 g/mol. The van der Waals surface area contributed by atoms with E-state index < -0.39 is 0 Å². The van der Waals surface area contributed by atoms with Crippen molar-refractivity contribution in [1.29, 1.82) is 0 Å². The van der Waals surface area contributed by atoms with Gasteiger partial charge in [-0.15, -0.1) is 0 Å². The molecule has 6 nitrogen and oxygen atoms in total. The van der Waals surface area contributed by atoms with Crippen LogP contribution in [0.4, 0.5) is 0 Å². The average Bonchev–Trinajstić information content (AvgIpc) is 2.92. The van der Waals surface area contributed by atoms with E-state index in [1.165, 1.54) is 0 Å². The minimum atomic E-state index is -0.206. The second-order valence-corrected chi connectivity index (χ2v) is 6.81. The zero-order chi connectivity index (χ0) is 19.3. The number of nitrogens with one attached hydrogen (secondary N) is 2. The van der Waals surface area contributed by atoms with Crippen LogP contribution in [0.5, 0.6) is 5.75 Å². The Morgan fingerprint density at radius 2 is 1.58 bits per heavy atom. The van der Waals surface area contributed by atoms with E-state index in [4.69, 9.17) is 4.74 Å². The smallest absolute Gasteiger partial charge is 0.270 e. The molecule has 0 saturated heterocycles. The Morgan fingerprint density at radius 1 is 1.00 bits per heavy atom. The Hall–Kier alpha value is -2.76. The van der Waals surface area contributed by atoms with Crippen LogP contribution in [0.2, 0.25) is 0 Å². The lowest BCUT2D eigenvalue weighted by Gasteiger charge is -2.17. The zero-order valence-electron chi connectivity index (χ0n) is 16.0. The number of hydrogen-bond donors (Lipinski definition) is 2. The fourth-order valence-electron chi connectivity index (χ4n) is 2.32. The molecule has 0 unspecified atom stereocenters. The molecule has 0 radical (unpaired) electrons. The third-order valence-electron chi connectivity index (χ3n) is 4.36. The molecule has 0 aliphatic rings. The number of rotatable bonds is 7. The van der Waals surface area contributed by atoms with Crippen molar-refractivity contribution in [3.05, 3.63) is 53.3 Å². The number of carbonyl (C=O) groups excluding carboxylic acids is 2. The first-order valence-electron chi connectivity index (χ1n) is 8.76. The van der Waals surface area contributed by atoms with Gasteiger partial charge < -0.3 is 10.1 Å². The third-order valence-corrected chi connectivity index (χ3v) is 4.36. The molecule has 0 bridgehead atoms. The minimum absolute atomic E-state index is 0.0512. The van der Waals surface area contributed by atoms with Crippen LogP contribution in [0.1, 0.15) is 42.5 Å². The van der Waals surface area contributed by atoms with E-state index in [0.717, 1.165) is 11.4 Å². The topological polar surface area (TPSA) is 72.4 Å². The first-order valence-corrected chi connectivity index (χ1v) is 8.76. The van der Waals surface area contributed by atoms with Gasteiger partial charge in [0, 0.05) is 23.0 Å². The van der Waals surface area contributed by atoms with Crippen molar-refractivity contribution in [3.8, 4) is 5.75 Å². The van der Waals surface area contributed by atoms with Crippen LogP contribution in [-0.4, -0.2) is 29.1 Å². The number of carbonyl (C=O) groups is 2. The molecule has 0 saturated carbocycles. The first-order chi connectivity index (χ1) is 12.3. The second-order valence-electron chi connectivity index (χ2n) is 6.81. The molecule has 2 aromatic rings. The number of aromatic nitrogens is 1. The van der Waals surface area contributed by atoms with E-state index in [-0.39, 0.29) is 24.5 Å². The summed E-state index contributed by atoms with van der Waals surface area (Å²) in [6.07, 6.45) is 0. The molecule has 26 heavy (non-hydrogen) atoms. The van der Waals surface area contributed by atoms with Crippen LogP contribution in [0.3, 0.4) is 0 Å². The number of nitrogens with zero attached hydrogens (tertiary/aromatic N) is 1. The minimum Gasteiger partial charge on any atom is -0.484 e. The molecule has 0 spiro atoms. The number of ether oxygens (including phenoxy) is 1. The summed E-state index contributed by atoms with van der Waals surface area (Å²) in [6, 6.07) is 10.7. The molecule has 0 aliphatic heterocycles. The summed E-state index contributed by atoms with van der Waals surface area (Å²) in [5.74, 6) is 0.542. The monoisotopic (exact) mass is 357 g/mol. The van der Waals surface area contributed by atoms with E-state index in [1.54, 1.807) is 28.9 Å². The maximum Gasteiger partial charge on any atom is 0.270 e. The highest BCUT2D eigenvalue weighted by atomic mass is 16.5. The molecule has 140 valence electrons. The molecule has 2 rings (SSSR count). The van der Waals surface area contributed by atoms with Crippen LogP contribution in [0, 0.1) is 19.8 Å². The number of amides is 2. The number of hydrogen-bond acceptors (Lipinski definition) is 3. The van der Waals surface area contributed by atoms with Crippen molar-refractivity contribution in [2.45, 2.75) is 40.7 Å². The van der Waals surface area contributed by atoms with Gasteiger partial charge in [-0.25, -0.2) is 0 Å².